The number of nitrogens with zero attached hydrogens (tertiary/aromatic N) is 1. The molecule has 0 unspecified atom stereocenters. The van der Waals surface area contributed by atoms with Gasteiger partial charge in [0.15, 0.2) is 0 Å². The first-order chi connectivity index (χ1) is 15.0. The third-order valence-electron chi connectivity index (χ3n) is 5.63. The minimum absolute atomic E-state index is 0.0433. The Labute approximate surface area is 191 Å². The van der Waals surface area contributed by atoms with Crippen molar-refractivity contribution in [2.24, 2.45) is 0 Å². The van der Waals surface area contributed by atoms with Crippen LogP contribution in [0.2, 0.25) is 0 Å². The van der Waals surface area contributed by atoms with Crippen LogP contribution in [0.1, 0.15) is 43.6 Å². The summed E-state index contributed by atoms with van der Waals surface area (Å²) in [5.74, 6) is -0.306. The molecule has 2 aromatic rings. The molecular weight excluding hydrogens is 426 g/mol. The molecule has 32 heavy (non-hydrogen) atoms. The molecular formula is C24H33N3O4S. The highest BCUT2D eigenvalue weighted by Gasteiger charge is 2.33. The first-order valence-electron chi connectivity index (χ1n) is 10.8. The van der Waals surface area contributed by atoms with Crippen molar-refractivity contribution in [2.75, 3.05) is 24.4 Å². The quantitative estimate of drug-likeness (QED) is 0.663. The van der Waals surface area contributed by atoms with Crippen molar-refractivity contribution >= 4 is 21.6 Å². The Morgan fingerprint density at radius 2 is 1.75 bits per heavy atom. The average Bonchev–Trinajstić information content (AvgIpc) is 2.71. The van der Waals surface area contributed by atoms with E-state index in [1.807, 2.05) is 26.8 Å². The second kappa shape index (κ2) is 9.60. The topological polar surface area (TPSA) is 87.7 Å². The molecule has 2 N–H and O–H groups in total. The number of anilines is 1. The molecule has 174 valence electrons. The number of nitrogens with one attached hydrogen (secondary N) is 2. The Balaban J connectivity index is 1.68. The number of amides is 1. The molecule has 1 aliphatic rings. The van der Waals surface area contributed by atoms with Crippen molar-refractivity contribution in [3.05, 3.63) is 59.7 Å². The molecule has 1 heterocycles. The van der Waals surface area contributed by atoms with Crippen LogP contribution < -0.4 is 10.0 Å². The molecule has 8 heteroatoms. The predicted molar refractivity (Wildman–Crippen MR) is 126 cm³/mol. The zero-order chi connectivity index (χ0) is 23.5. The van der Waals surface area contributed by atoms with Gasteiger partial charge in [-0.2, -0.15) is 0 Å². The van der Waals surface area contributed by atoms with Crippen LogP contribution >= 0.6 is 0 Å². The third-order valence-corrected chi connectivity index (χ3v) is 7.01. The van der Waals surface area contributed by atoms with Gasteiger partial charge < -0.3 is 10.1 Å². The summed E-state index contributed by atoms with van der Waals surface area (Å²) in [5.41, 5.74) is 1.47. The maximum Gasteiger partial charge on any atom is 0.261 e. The van der Waals surface area contributed by atoms with Gasteiger partial charge in [0.25, 0.3) is 15.9 Å². The number of ether oxygens (including phenoxy) is 1. The van der Waals surface area contributed by atoms with Crippen LogP contribution in [0.3, 0.4) is 0 Å². The van der Waals surface area contributed by atoms with Gasteiger partial charge in [-0.05, 0) is 70.5 Å². The highest BCUT2D eigenvalue weighted by Crippen LogP contribution is 2.21. The molecule has 2 aromatic carbocycles. The first kappa shape index (κ1) is 24.2. The molecule has 7 nitrogen and oxygen atoms in total. The van der Waals surface area contributed by atoms with Gasteiger partial charge in [-0.3, -0.25) is 14.4 Å². The fraction of sp³-hybridized carbons (Fsp3) is 0.458. The molecule has 0 radical (unpaired) electrons. The second-order valence-corrected chi connectivity index (χ2v) is 10.8. The predicted octanol–water partition coefficient (Wildman–Crippen LogP) is 3.41. The molecule has 3 rings (SSSR count). The minimum Gasteiger partial charge on any atom is -0.373 e. The number of rotatable bonds is 7. The molecule has 1 fully saturated rings. The minimum atomic E-state index is -3.81. The van der Waals surface area contributed by atoms with Crippen molar-refractivity contribution in [1.29, 1.82) is 0 Å². The Kier molecular flexibility index (Phi) is 7.27. The fourth-order valence-corrected chi connectivity index (χ4v) is 5.00. The molecule has 2 atom stereocenters. The van der Waals surface area contributed by atoms with Gasteiger partial charge in [0.2, 0.25) is 0 Å². The summed E-state index contributed by atoms with van der Waals surface area (Å²) < 4.78 is 34.0. The van der Waals surface area contributed by atoms with Crippen LogP contribution in [0.4, 0.5) is 5.69 Å². The van der Waals surface area contributed by atoms with Crippen molar-refractivity contribution in [2.45, 2.75) is 57.3 Å². The Morgan fingerprint density at radius 3 is 2.41 bits per heavy atom. The van der Waals surface area contributed by atoms with Gasteiger partial charge in [-0.15, -0.1) is 0 Å². The second-order valence-electron chi connectivity index (χ2n) is 9.16. The Morgan fingerprint density at radius 1 is 1.09 bits per heavy atom. The van der Waals surface area contributed by atoms with Gasteiger partial charge >= 0.3 is 0 Å². The van der Waals surface area contributed by atoms with E-state index in [1.165, 1.54) is 12.1 Å². The number of carbonyl (C=O) groups excluding carboxylic acids is 1. The highest BCUT2D eigenvalue weighted by molar-refractivity contribution is 7.92. The summed E-state index contributed by atoms with van der Waals surface area (Å²) in [5, 5.41) is 2.97. The number of hydrogen-bond donors (Lipinski definition) is 2. The van der Waals surface area contributed by atoms with E-state index in [4.69, 9.17) is 4.74 Å². The number of aryl methyl sites for hydroxylation is 1. The summed E-state index contributed by atoms with van der Waals surface area (Å²) in [4.78, 5) is 15.2. The Bertz CT molecular complexity index is 1060. The molecule has 1 saturated heterocycles. The number of benzene rings is 2. The van der Waals surface area contributed by atoms with E-state index < -0.39 is 10.0 Å². The molecule has 0 aromatic heterocycles. The van der Waals surface area contributed by atoms with Gasteiger partial charge in [-0.1, -0.05) is 18.2 Å². The lowest BCUT2D eigenvalue weighted by Crippen LogP contribution is -2.58. The van der Waals surface area contributed by atoms with Crippen LogP contribution in [0, 0.1) is 6.92 Å². The summed E-state index contributed by atoms with van der Waals surface area (Å²) in [6.07, 6.45) is 0.271. The van der Waals surface area contributed by atoms with E-state index in [-0.39, 0.29) is 28.5 Å². The normalized spacial score (nSPS) is 20.0. The van der Waals surface area contributed by atoms with E-state index in [9.17, 15) is 13.2 Å². The summed E-state index contributed by atoms with van der Waals surface area (Å²) in [7, 11) is -3.81. The maximum absolute atomic E-state index is 12.8. The molecule has 0 aliphatic carbocycles. The van der Waals surface area contributed by atoms with Crippen LogP contribution in [0.5, 0.6) is 0 Å². The SMILES string of the molecule is Cc1cccc(NS(=O)(=O)c2cccc(C(=O)NCC(C)(C)N3C[C@@H](C)O[C@H](C)C3)c2)c1. The van der Waals surface area contributed by atoms with Crippen LogP contribution in [0.15, 0.2) is 53.4 Å². The molecule has 0 spiro atoms. The first-order valence-corrected chi connectivity index (χ1v) is 12.3. The van der Waals surface area contributed by atoms with Crippen LogP contribution in [0.25, 0.3) is 0 Å². The van der Waals surface area contributed by atoms with Crippen molar-refractivity contribution in [1.82, 2.24) is 10.2 Å². The van der Waals surface area contributed by atoms with Crippen molar-refractivity contribution in [3.8, 4) is 0 Å². The summed E-state index contributed by atoms with van der Waals surface area (Å²) in [6.45, 7) is 12.2. The van der Waals surface area contributed by atoms with Crippen molar-refractivity contribution in [3.63, 3.8) is 0 Å². The van der Waals surface area contributed by atoms with E-state index in [1.54, 1.807) is 30.3 Å². The Hall–Kier alpha value is -2.42. The van der Waals surface area contributed by atoms with E-state index in [0.29, 0.717) is 17.8 Å². The molecule has 1 aliphatic heterocycles. The largest absolute Gasteiger partial charge is 0.373 e. The van der Waals surface area contributed by atoms with Crippen LogP contribution in [-0.2, 0) is 14.8 Å². The van der Waals surface area contributed by atoms with Crippen LogP contribution in [-0.4, -0.2) is 56.6 Å². The smallest absolute Gasteiger partial charge is 0.261 e. The van der Waals surface area contributed by atoms with E-state index >= 15 is 0 Å². The van der Waals surface area contributed by atoms with Gasteiger partial charge in [0.1, 0.15) is 0 Å². The average molecular weight is 460 g/mol. The van der Waals surface area contributed by atoms with Gasteiger partial charge in [0.05, 0.1) is 17.1 Å². The third kappa shape index (κ3) is 6.09. The molecule has 1 amide bonds. The van der Waals surface area contributed by atoms with Crippen molar-refractivity contribution < 1.29 is 17.9 Å². The van der Waals surface area contributed by atoms with E-state index in [2.05, 4.69) is 28.8 Å². The zero-order valence-corrected chi connectivity index (χ0v) is 20.2. The number of sulfonamides is 1. The monoisotopic (exact) mass is 459 g/mol. The fourth-order valence-electron chi connectivity index (χ4n) is 3.91. The number of carbonyl (C=O) groups is 1. The highest BCUT2D eigenvalue weighted by atomic mass is 32.2. The summed E-state index contributed by atoms with van der Waals surface area (Å²) in [6, 6.07) is 13.2. The van der Waals surface area contributed by atoms with Gasteiger partial charge in [-0.25, -0.2) is 8.42 Å². The lowest BCUT2D eigenvalue weighted by molar-refractivity contribution is -0.0948. The molecule has 0 bridgehead atoms. The maximum atomic E-state index is 12.8. The van der Waals surface area contributed by atoms with E-state index in [0.717, 1.165) is 18.7 Å². The lowest BCUT2D eigenvalue weighted by atomic mass is 10.00. The number of morpholine rings is 1. The lowest BCUT2D eigenvalue weighted by Gasteiger charge is -2.45. The summed E-state index contributed by atoms with van der Waals surface area (Å²) >= 11 is 0. The number of hydrogen-bond acceptors (Lipinski definition) is 5. The molecule has 0 saturated carbocycles. The standard InChI is InChI=1S/C24H33N3O4S/c1-17-8-6-10-21(12-17)26-32(29,30)22-11-7-9-20(13-22)23(28)25-16-24(4,5)27-14-18(2)31-19(3)15-27/h6-13,18-19,26H,14-16H2,1-5H3,(H,25,28)/t18-,19-/m1/s1. The zero-order valence-electron chi connectivity index (χ0n) is 19.4. The van der Waals surface area contributed by atoms with Gasteiger partial charge in [0, 0.05) is 36.4 Å².